The van der Waals surface area contributed by atoms with Crippen LogP contribution in [0, 0.1) is 5.92 Å². The molecule has 0 spiro atoms. The first-order chi connectivity index (χ1) is 13.2. The number of piperidine rings is 1. The molecule has 1 N–H and O–H groups in total. The number of rotatable bonds is 7. The highest BCUT2D eigenvalue weighted by atomic mass is 16.5. The summed E-state index contributed by atoms with van der Waals surface area (Å²) in [5, 5.41) is 3.02. The van der Waals surface area contributed by atoms with Crippen LogP contribution in [0.4, 0.5) is 0 Å². The molecular weight excluding hydrogens is 336 g/mol. The van der Waals surface area contributed by atoms with E-state index >= 15 is 0 Å². The molecule has 1 heterocycles. The fraction of sp³-hybridized carbons (Fsp3) is 0.435. The number of hydrogen-bond acceptors (Lipinski definition) is 3. The summed E-state index contributed by atoms with van der Waals surface area (Å²) in [5.74, 6) is 0.739. The van der Waals surface area contributed by atoms with Crippen molar-refractivity contribution in [2.45, 2.75) is 39.5 Å². The summed E-state index contributed by atoms with van der Waals surface area (Å²) in [7, 11) is 1.64. The van der Waals surface area contributed by atoms with E-state index in [1.807, 2.05) is 24.3 Å². The van der Waals surface area contributed by atoms with E-state index in [1.54, 1.807) is 7.11 Å². The predicted molar refractivity (Wildman–Crippen MR) is 108 cm³/mol. The predicted octanol–water partition coefficient (Wildman–Crippen LogP) is 3.99. The molecule has 27 heavy (non-hydrogen) atoms. The number of likely N-dealkylation sites (tertiary alicyclic amines) is 1. The average molecular weight is 367 g/mol. The first-order valence-corrected chi connectivity index (χ1v) is 9.81. The van der Waals surface area contributed by atoms with Gasteiger partial charge < -0.3 is 10.1 Å². The van der Waals surface area contributed by atoms with Crippen LogP contribution >= 0.6 is 0 Å². The second-order valence-electron chi connectivity index (χ2n) is 7.57. The highest BCUT2D eigenvalue weighted by Gasteiger charge is 2.16. The Morgan fingerprint density at radius 3 is 2.63 bits per heavy atom. The molecule has 0 radical (unpaired) electrons. The molecule has 1 saturated heterocycles. The first-order valence-electron chi connectivity index (χ1n) is 9.81. The van der Waals surface area contributed by atoms with E-state index in [-0.39, 0.29) is 5.91 Å². The van der Waals surface area contributed by atoms with Gasteiger partial charge in [0.25, 0.3) is 5.91 Å². The lowest BCUT2D eigenvalue weighted by Crippen LogP contribution is -2.33. The second kappa shape index (κ2) is 9.67. The van der Waals surface area contributed by atoms with E-state index in [4.69, 9.17) is 4.74 Å². The van der Waals surface area contributed by atoms with Gasteiger partial charge in [-0.25, -0.2) is 0 Å². The van der Waals surface area contributed by atoms with Gasteiger partial charge >= 0.3 is 0 Å². The van der Waals surface area contributed by atoms with Crippen molar-refractivity contribution in [1.82, 2.24) is 10.2 Å². The van der Waals surface area contributed by atoms with Crippen molar-refractivity contribution in [3.05, 3.63) is 70.8 Å². The number of amides is 1. The molecule has 4 nitrogen and oxygen atoms in total. The zero-order valence-corrected chi connectivity index (χ0v) is 16.4. The SMILES string of the molecule is COCc1ccccc1C(=O)NCc1ccc(CN2CCCC(C)C2)cc1. The van der Waals surface area contributed by atoms with Gasteiger partial charge in [-0.2, -0.15) is 0 Å². The number of benzene rings is 2. The van der Waals surface area contributed by atoms with Crippen LogP contribution in [0.3, 0.4) is 0 Å². The van der Waals surface area contributed by atoms with E-state index in [0.29, 0.717) is 18.7 Å². The van der Waals surface area contributed by atoms with Gasteiger partial charge in [-0.1, -0.05) is 49.4 Å². The van der Waals surface area contributed by atoms with Gasteiger partial charge in [-0.05, 0) is 48.1 Å². The number of hydrogen-bond donors (Lipinski definition) is 1. The minimum atomic E-state index is -0.0611. The summed E-state index contributed by atoms with van der Waals surface area (Å²) < 4.78 is 5.18. The van der Waals surface area contributed by atoms with Crippen LogP contribution in [0.2, 0.25) is 0 Å². The maximum absolute atomic E-state index is 12.5. The largest absolute Gasteiger partial charge is 0.380 e. The van der Waals surface area contributed by atoms with Crippen molar-refractivity contribution in [3.63, 3.8) is 0 Å². The third kappa shape index (κ3) is 5.65. The molecule has 0 bridgehead atoms. The number of nitrogens with zero attached hydrogens (tertiary/aromatic N) is 1. The van der Waals surface area contributed by atoms with Crippen molar-refractivity contribution in [2.24, 2.45) is 5.92 Å². The topological polar surface area (TPSA) is 41.6 Å². The van der Waals surface area contributed by atoms with Gasteiger partial charge in [0.1, 0.15) is 0 Å². The van der Waals surface area contributed by atoms with E-state index < -0.39 is 0 Å². The Kier molecular flexibility index (Phi) is 7.02. The molecule has 0 aromatic heterocycles. The van der Waals surface area contributed by atoms with Crippen molar-refractivity contribution in [2.75, 3.05) is 20.2 Å². The molecule has 4 heteroatoms. The molecule has 2 aromatic carbocycles. The zero-order chi connectivity index (χ0) is 19.1. The van der Waals surface area contributed by atoms with Gasteiger partial charge in [-0.15, -0.1) is 0 Å². The van der Waals surface area contributed by atoms with Gasteiger partial charge in [0.2, 0.25) is 0 Å². The Morgan fingerprint density at radius 2 is 1.89 bits per heavy atom. The van der Waals surface area contributed by atoms with Crippen molar-refractivity contribution >= 4 is 5.91 Å². The van der Waals surface area contributed by atoms with Crippen LogP contribution in [0.1, 0.15) is 46.8 Å². The molecule has 1 aliphatic rings. The summed E-state index contributed by atoms with van der Waals surface area (Å²) in [5.41, 5.74) is 4.03. The molecule has 1 aliphatic heterocycles. The molecule has 1 amide bonds. The quantitative estimate of drug-likeness (QED) is 0.805. The van der Waals surface area contributed by atoms with Gasteiger partial charge in [0.05, 0.1) is 6.61 Å². The highest BCUT2D eigenvalue weighted by molar-refractivity contribution is 5.95. The number of nitrogens with one attached hydrogen (secondary N) is 1. The van der Waals surface area contributed by atoms with E-state index in [0.717, 1.165) is 23.6 Å². The Labute approximate surface area is 162 Å². The fourth-order valence-corrected chi connectivity index (χ4v) is 3.75. The van der Waals surface area contributed by atoms with Gasteiger partial charge in [0, 0.05) is 32.3 Å². The lowest BCUT2D eigenvalue weighted by Gasteiger charge is -2.30. The molecule has 0 saturated carbocycles. The van der Waals surface area contributed by atoms with E-state index in [2.05, 4.69) is 41.4 Å². The number of methoxy groups -OCH3 is 1. The van der Waals surface area contributed by atoms with Crippen LogP contribution < -0.4 is 5.32 Å². The second-order valence-corrected chi connectivity index (χ2v) is 7.57. The minimum Gasteiger partial charge on any atom is -0.380 e. The Morgan fingerprint density at radius 1 is 1.15 bits per heavy atom. The smallest absolute Gasteiger partial charge is 0.251 e. The van der Waals surface area contributed by atoms with Crippen LogP contribution in [0.5, 0.6) is 0 Å². The Bertz CT molecular complexity index is 742. The molecule has 2 aromatic rings. The van der Waals surface area contributed by atoms with E-state index in [1.165, 1.54) is 31.5 Å². The maximum Gasteiger partial charge on any atom is 0.251 e. The number of carbonyl (C=O) groups excluding carboxylic acids is 1. The summed E-state index contributed by atoms with van der Waals surface area (Å²) in [6.45, 7) is 6.71. The molecular formula is C23H30N2O2. The van der Waals surface area contributed by atoms with Crippen LogP contribution in [-0.2, 0) is 24.4 Å². The van der Waals surface area contributed by atoms with Gasteiger partial charge in [-0.3, -0.25) is 9.69 Å². The minimum absolute atomic E-state index is 0.0611. The summed E-state index contributed by atoms with van der Waals surface area (Å²) >= 11 is 0. The standard InChI is InChI=1S/C23H30N2O2/c1-18-6-5-13-25(15-18)16-20-11-9-19(10-12-20)14-24-23(26)22-8-4-3-7-21(22)17-27-2/h3-4,7-12,18H,5-6,13-17H2,1-2H3,(H,24,26). The summed E-state index contributed by atoms with van der Waals surface area (Å²) in [6, 6.07) is 16.2. The zero-order valence-electron chi connectivity index (χ0n) is 16.4. The molecule has 0 aliphatic carbocycles. The Hall–Kier alpha value is -2.17. The number of carbonyl (C=O) groups is 1. The third-order valence-electron chi connectivity index (χ3n) is 5.19. The van der Waals surface area contributed by atoms with Crippen molar-refractivity contribution in [3.8, 4) is 0 Å². The third-order valence-corrected chi connectivity index (χ3v) is 5.19. The van der Waals surface area contributed by atoms with Crippen LogP contribution in [0.25, 0.3) is 0 Å². The summed E-state index contributed by atoms with van der Waals surface area (Å²) in [4.78, 5) is 15.0. The Balaban J connectivity index is 1.53. The summed E-state index contributed by atoms with van der Waals surface area (Å²) in [6.07, 6.45) is 2.65. The van der Waals surface area contributed by atoms with Crippen LogP contribution in [-0.4, -0.2) is 31.0 Å². The van der Waals surface area contributed by atoms with Crippen LogP contribution in [0.15, 0.2) is 48.5 Å². The average Bonchev–Trinajstić information content (AvgIpc) is 2.68. The van der Waals surface area contributed by atoms with Gasteiger partial charge in [0.15, 0.2) is 0 Å². The fourth-order valence-electron chi connectivity index (χ4n) is 3.75. The molecule has 3 rings (SSSR count). The molecule has 1 fully saturated rings. The highest BCUT2D eigenvalue weighted by Crippen LogP contribution is 2.18. The normalized spacial score (nSPS) is 17.6. The monoisotopic (exact) mass is 366 g/mol. The molecule has 1 unspecified atom stereocenters. The van der Waals surface area contributed by atoms with Crippen molar-refractivity contribution < 1.29 is 9.53 Å². The number of ether oxygens (including phenoxy) is 1. The molecule has 144 valence electrons. The lowest BCUT2D eigenvalue weighted by atomic mass is 9.99. The maximum atomic E-state index is 12.5. The lowest BCUT2D eigenvalue weighted by molar-refractivity contribution is 0.0946. The molecule has 1 atom stereocenters. The van der Waals surface area contributed by atoms with Crippen molar-refractivity contribution in [1.29, 1.82) is 0 Å². The first kappa shape index (κ1) is 19.6. The van der Waals surface area contributed by atoms with E-state index in [9.17, 15) is 4.79 Å².